The minimum absolute atomic E-state index is 0.0112. The Morgan fingerprint density at radius 3 is 2.29 bits per heavy atom. The van der Waals surface area contributed by atoms with Crippen LogP contribution in [0.5, 0.6) is 0 Å². The third kappa shape index (κ3) is 4.78. The van der Waals surface area contributed by atoms with E-state index in [1.807, 2.05) is 24.3 Å². The van der Waals surface area contributed by atoms with E-state index in [0.29, 0.717) is 6.54 Å². The number of carbonyl (C=O) groups excluding carboxylic acids is 2. The molecule has 176 valence electrons. The van der Waals surface area contributed by atoms with Crippen LogP contribution in [0.25, 0.3) is 11.1 Å². The number of rotatable bonds is 8. The van der Waals surface area contributed by atoms with E-state index < -0.39 is 23.5 Å². The number of alkyl carbamates (subject to hydrolysis) is 1. The van der Waals surface area contributed by atoms with Gasteiger partial charge in [-0.15, -0.1) is 0 Å². The molecule has 1 aliphatic carbocycles. The topological polar surface area (TPSA) is 123 Å². The largest absolute Gasteiger partial charge is 0.480 e. The van der Waals surface area contributed by atoms with Crippen molar-refractivity contribution >= 4 is 18.0 Å². The molecule has 9 nitrogen and oxygen atoms in total. The van der Waals surface area contributed by atoms with Crippen molar-refractivity contribution in [2.75, 3.05) is 13.2 Å². The number of benzene rings is 2. The van der Waals surface area contributed by atoms with Crippen LogP contribution in [0.15, 0.2) is 61.1 Å². The lowest BCUT2D eigenvalue weighted by Crippen LogP contribution is -2.49. The van der Waals surface area contributed by atoms with Crippen LogP contribution < -0.4 is 10.6 Å². The van der Waals surface area contributed by atoms with Gasteiger partial charge < -0.3 is 25.0 Å². The number of hydrogen-bond acceptors (Lipinski definition) is 5. The first-order valence-corrected chi connectivity index (χ1v) is 10.9. The molecule has 0 spiro atoms. The highest BCUT2D eigenvalue weighted by atomic mass is 16.5. The molecule has 34 heavy (non-hydrogen) atoms. The summed E-state index contributed by atoms with van der Waals surface area (Å²) in [6.45, 7) is 3.65. The molecule has 0 radical (unpaired) electrons. The number of carboxylic acids is 1. The summed E-state index contributed by atoms with van der Waals surface area (Å²) in [5.74, 6) is -1.74. The van der Waals surface area contributed by atoms with Gasteiger partial charge in [0.05, 0.1) is 6.33 Å². The molecule has 2 aromatic carbocycles. The summed E-state index contributed by atoms with van der Waals surface area (Å²) < 4.78 is 7.14. The van der Waals surface area contributed by atoms with E-state index >= 15 is 0 Å². The standard InChI is InChI=1S/C25H26N4O5/c1-25(2,23(31)32)28-22(30)21-13-29(15-27-21)12-11-26-24(33)34-14-20-18-9-5-3-7-16(18)17-8-4-6-10-19(17)20/h3-10,13,15,20H,11-12,14H2,1-2H3,(H,26,33)(H,28,30)(H,31,32). The number of amides is 2. The van der Waals surface area contributed by atoms with Crippen molar-refractivity contribution in [3.63, 3.8) is 0 Å². The van der Waals surface area contributed by atoms with E-state index in [9.17, 15) is 14.4 Å². The van der Waals surface area contributed by atoms with Crippen LogP contribution in [0.3, 0.4) is 0 Å². The molecule has 0 fully saturated rings. The molecule has 2 amide bonds. The Bertz CT molecular complexity index is 1190. The van der Waals surface area contributed by atoms with Crippen molar-refractivity contribution in [3.05, 3.63) is 77.9 Å². The third-order valence-corrected chi connectivity index (χ3v) is 5.81. The molecule has 1 aromatic heterocycles. The maximum absolute atomic E-state index is 12.3. The number of nitrogens with zero attached hydrogens (tertiary/aromatic N) is 2. The highest BCUT2D eigenvalue weighted by molar-refractivity contribution is 5.95. The van der Waals surface area contributed by atoms with Crippen LogP contribution >= 0.6 is 0 Å². The first-order valence-electron chi connectivity index (χ1n) is 10.9. The van der Waals surface area contributed by atoms with Gasteiger partial charge in [0.15, 0.2) is 0 Å². The molecule has 3 aromatic rings. The van der Waals surface area contributed by atoms with Gasteiger partial charge in [-0.1, -0.05) is 48.5 Å². The van der Waals surface area contributed by atoms with Crippen molar-refractivity contribution < 1.29 is 24.2 Å². The van der Waals surface area contributed by atoms with Crippen molar-refractivity contribution in [1.29, 1.82) is 0 Å². The number of fused-ring (bicyclic) bond motifs is 3. The summed E-state index contributed by atoms with van der Waals surface area (Å²) in [4.78, 5) is 39.6. The fourth-order valence-corrected chi connectivity index (χ4v) is 3.94. The van der Waals surface area contributed by atoms with E-state index in [1.165, 1.54) is 37.5 Å². The Hall–Kier alpha value is -4.14. The van der Waals surface area contributed by atoms with Crippen LogP contribution in [-0.4, -0.2) is 51.3 Å². The van der Waals surface area contributed by atoms with E-state index in [1.54, 1.807) is 4.57 Å². The SMILES string of the molecule is CC(C)(NC(=O)c1cn(CCNC(=O)OCC2c3ccccc3-c3ccccc32)cn1)C(=O)O. The number of hydrogen-bond donors (Lipinski definition) is 3. The zero-order chi connectivity index (χ0) is 24.3. The number of aliphatic carboxylic acids is 1. The number of carbonyl (C=O) groups is 3. The Morgan fingerprint density at radius 1 is 1.06 bits per heavy atom. The minimum atomic E-state index is -1.41. The first-order chi connectivity index (χ1) is 16.3. The first kappa shape index (κ1) is 23.0. The Morgan fingerprint density at radius 2 is 1.68 bits per heavy atom. The average Bonchev–Trinajstić information content (AvgIpc) is 3.40. The summed E-state index contributed by atoms with van der Waals surface area (Å²) in [6, 6.07) is 16.3. The maximum Gasteiger partial charge on any atom is 0.407 e. The molecular formula is C25H26N4O5. The van der Waals surface area contributed by atoms with E-state index in [0.717, 1.165) is 11.1 Å². The molecule has 1 heterocycles. The predicted molar refractivity (Wildman–Crippen MR) is 124 cm³/mol. The van der Waals surface area contributed by atoms with Gasteiger partial charge in [-0.3, -0.25) is 4.79 Å². The van der Waals surface area contributed by atoms with E-state index in [2.05, 4.69) is 39.9 Å². The molecule has 0 aliphatic heterocycles. The number of carboxylic acid groups (broad SMARTS) is 1. The Labute approximate surface area is 196 Å². The lowest BCUT2D eigenvalue weighted by molar-refractivity contribution is -0.143. The highest BCUT2D eigenvalue weighted by Gasteiger charge is 2.30. The summed E-state index contributed by atoms with van der Waals surface area (Å²) in [7, 11) is 0. The number of ether oxygens (including phenoxy) is 1. The molecule has 9 heteroatoms. The molecule has 3 N–H and O–H groups in total. The zero-order valence-electron chi connectivity index (χ0n) is 18.9. The van der Waals surface area contributed by atoms with Crippen molar-refractivity contribution in [2.24, 2.45) is 0 Å². The average molecular weight is 463 g/mol. The van der Waals surface area contributed by atoms with Gasteiger partial charge in [-0.2, -0.15) is 0 Å². The zero-order valence-corrected chi connectivity index (χ0v) is 18.9. The lowest BCUT2D eigenvalue weighted by atomic mass is 9.98. The molecule has 0 unspecified atom stereocenters. The summed E-state index contributed by atoms with van der Waals surface area (Å²) in [5.41, 5.74) is 3.30. The normalized spacial score (nSPS) is 12.5. The van der Waals surface area contributed by atoms with E-state index in [-0.39, 0.29) is 24.8 Å². The minimum Gasteiger partial charge on any atom is -0.480 e. The van der Waals surface area contributed by atoms with Gasteiger partial charge in [0.1, 0.15) is 17.8 Å². The third-order valence-electron chi connectivity index (χ3n) is 5.81. The van der Waals surface area contributed by atoms with Crippen molar-refractivity contribution in [3.8, 4) is 11.1 Å². The highest BCUT2D eigenvalue weighted by Crippen LogP contribution is 2.44. The molecular weight excluding hydrogens is 436 g/mol. The summed E-state index contributed by atoms with van der Waals surface area (Å²) in [6.07, 6.45) is 2.41. The van der Waals surface area contributed by atoms with Gasteiger partial charge in [0.25, 0.3) is 5.91 Å². The number of imidazole rings is 1. The fourth-order valence-electron chi connectivity index (χ4n) is 3.94. The van der Waals surface area contributed by atoms with Crippen LogP contribution in [-0.2, 0) is 16.1 Å². The number of nitrogens with one attached hydrogen (secondary N) is 2. The quantitative estimate of drug-likeness (QED) is 0.473. The maximum atomic E-state index is 12.3. The van der Waals surface area contributed by atoms with Crippen molar-refractivity contribution in [2.45, 2.75) is 31.8 Å². The monoisotopic (exact) mass is 462 g/mol. The smallest absolute Gasteiger partial charge is 0.407 e. The van der Waals surface area contributed by atoms with Crippen LogP contribution in [0.1, 0.15) is 41.4 Å². The van der Waals surface area contributed by atoms with Gasteiger partial charge in [0, 0.05) is 25.2 Å². The molecule has 4 rings (SSSR count). The fraction of sp³-hybridized carbons (Fsp3) is 0.280. The summed E-state index contributed by atoms with van der Waals surface area (Å²) in [5, 5.41) is 14.2. The van der Waals surface area contributed by atoms with Gasteiger partial charge in [-0.25, -0.2) is 14.6 Å². The second-order valence-corrected chi connectivity index (χ2v) is 8.63. The van der Waals surface area contributed by atoms with Gasteiger partial charge in [0.2, 0.25) is 0 Å². The molecule has 0 saturated carbocycles. The van der Waals surface area contributed by atoms with Gasteiger partial charge >= 0.3 is 12.1 Å². The van der Waals surface area contributed by atoms with Crippen molar-refractivity contribution in [1.82, 2.24) is 20.2 Å². The Balaban J connectivity index is 1.27. The lowest BCUT2D eigenvalue weighted by Gasteiger charge is -2.20. The number of aromatic nitrogens is 2. The molecule has 0 atom stereocenters. The molecule has 0 bridgehead atoms. The van der Waals surface area contributed by atoms with Crippen LogP contribution in [0.2, 0.25) is 0 Å². The molecule has 1 aliphatic rings. The molecule has 0 saturated heterocycles. The summed E-state index contributed by atoms with van der Waals surface area (Å²) >= 11 is 0. The van der Waals surface area contributed by atoms with E-state index in [4.69, 9.17) is 9.84 Å². The second kappa shape index (κ2) is 9.38. The van der Waals surface area contributed by atoms with Crippen LogP contribution in [0, 0.1) is 0 Å². The Kier molecular flexibility index (Phi) is 6.36. The van der Waals surface area contributed by atoms with Gasteiger partial charge in [-0.05, 0) is 36.1 Å². The second-order valence-electron chi connectivity index (χ2n) is 8.63. The van der Waals surface area contributed by atoms with Crippen LogP contribution in [0.4, 0.5) is 4.79 Å². The predicted octanol–water partition coefficient (Wildman–Crippen LogP) is 3.01.